The third-order valence-corrected chi connectivity index (χ3v) is 6.34. The first kappa shape index (κ1) is 22.1. The molecule has 0 aliphatic carbocycles. The van der Waals surface area contributed by atoms with Crippen molar-refractivity contribution < 1.29 is 9.53 Å². The van der Waals surface area contributed by atoms with E-state index in [2.05, 4.69) is 49.7 Å². The van der Waals surface area contributed by atoms with Crippen molar-refractivity contribution in [3.63, 3.8) is 0 Å². The van der Waals surface area contributed by atoms with Gasteiger partial charge in [-0.05, 0) is 53.4 Å². The van der Waals surface area contributed by atoms with Crippen LogP contribution in [0.2, 0.25) is 0 Å². The number of ether oxygens (including phenoxy) is 1. The Bertz CT molecular complexity index is 1030. The zero-order chi connectivity index (χ0) is 22.3. The topological polar surface area (TPSA) is 88.4 Å². The van der Waals surface area contributed by atoms with Crippen molar-refractivity contribution in [1.29, 1.82) is 0 Å². The molecule has 2 heterocycles. The molecule has 1 N–H and O–H groups in total. The molecule has 0 atom stereocenters. The fourth-order valence-electron chi connectivity index (χ4n) is 3.63. The summed E-state index contributed by atoms with van der Waals surface area (Å²) in [5.41, 5.74) is 2.68. The van der Waals surface area contributed by atoms with Crippen LogP contribution in [0, 0.1) is 0 Å². The van der Waals surface area contributed by atoms with Crippen molar-refractivity contribution in [2.75, 3.05) is 55.8 Å². The first-order valence-electron chi connectivity index (χ1n) is 10.6. The number of carbonyl (C=O) groups is 1. The molecule has 0 unspecified atom stereocenters. The van der Waals surface area contributed by atoms with E-state index in [0.717, 1.165) is 44.1 Å². The summed E-state index contributed by atoms with van der Waals surface area (Å²) >= 11 is 1.27. The molecule has 1 amide bonds. The number of thioether (sulfide) groups is 1. The van der Waals surface area contributed by atoms with Crippen molar-refractivity contribution in [3.8, 4) is 11.4 Å². The van der Waals surface area contributed by atoms with Crippen LogP contribution in [0.15, 0.2) is 53.7 Å². The van der Waals surface area contributed by atoms with Crippen LogP contribution in [0.5, 0.6) is 5.75 Å². The summed E-state index contributed by atoms with van der Waals surface area (Å²) in [4.78, 5) is 17.3. The number of para-hydroxylation sites is 2. The SMILES string of the molecule is CCN1CCN(c2ccc(NC(=O)CSc3nnnn3-c3ccccc3OC)cc2)CC1. The van der Waals surface area contributed by atoms with Gasteiger partial charge >= 0.3 is 0 Å². The number of hydrogen-bond acceptors (Lipinski definition) is 8. The maximum Gasteiger partial charge on any atom is 0.234 e. The highest BCUT2D eigenvalue weighted by atomic mass is 32.2. The largest absolute Gasteiger partial charge is 0.494 e. The fourth-order valence-corrected chi connectivity index (χ4v) is 4.31. The molecule has 1 aliphatic rings. The summed E-state index contributed by atoms with van der Waals surface area (Å²) in [5.74, 6) is 0.729. The van der Waals surface area contributed by atoms with Crippen LogP contribution >= 0.6 is 11.8 Å². The predicted octanol–water partition coefficient (Wildman–Crippen LogP) is 2.54. The zero-order valence-electron chi connectivity index (χ0n) is 18.3. The van der Waals surface area contributed by atoms with Crippen molar-refractivity contribution in [3.05, 3.63) is 48.5 Å². The van der Waals surface area contributed by atoms with E-state index in [9.17, 15) is 4.79 Å². The lowest BCUT2D eigenvalue weighted by molar-refractivity contribution is -0.113. The lowest BCUT2D eigenvalue weighted by Gasteiger charge is -2.35. The summed E-state index contributed by atoms with van der Waals surface area (Å²) in [6.45, 7) is 7.52. The summed E-state index contributed by atoms with van der Waals surface area (Å²) in [7, 11) is 1.60. The molecule has 0 saturated carbocycles. The summed E-state index contributed by atoms with van der Waals surface area (Å²) in [5, 5.41) is 15.3. The second-order valence-electron chi connectivity index (χ2n) is 7.35. The molecule has 0 spiro atoms. The lowest BCUT2D eigenvalue weighted by atomic mass is 10.2. The van der Waals surface area contributed by atoms with Gasteiger partial charge < -0.3 is 19.9 Å². The van der Waals surface area contributed by atoms with Gasteiger partial charge in [-0.2, -0.15) is 4.68 Å². The quantitative estimate of drug-likeness (QED) is 0.521. The average Bonchev–Trinajstić information content (AvgIpc) is 3.32. The highest BCUT2D eigenvalue weighted by Gasteiger charge is 2.17. The maximum atomic E-state index is 12.5. The van der Waals surface area contributed by atoms with Crippen molar-refractivity contribution in [2.24, 2.45) is 0 Å². The molecule has 0 radical (unpaired) electrons. The highest BCUT2D eigenvalue weighted by molar-refractivity contribution is 7.99. The first-order valence-corrected chi connectivity index (χ1v) is 11.6. The molecule has 10 heteroatoms. The van der Waals surface area contributed by atoms with E-state index in [4.69, 9.17) is 4.74 Å². The number of benzene rings is 2. The van der Waals surface area contributed by atoms with E-state index in [-0.39, 0.29) is 11.7 Å². The lowest BCUT2D eigenvalue weighted by Crippen LogP contribution is -2.46. The third kappa shape index (κ3) is 5.20. The average molecular weight is 454 g/mol. The first-order chi connectivity index (χ1) is 15.7. The number of rotatable bonds is 8. The Kier molecular flexibility index (Phi) is 7.23. The highest BCUT2D eigenvalue weighted by Crippen LogP contribution is 2.26. The number of nitrogens with zero attached hydrogens (tertiary/aromatic N) is 6. The number of nitrogens with one attached hydrogen (secondary N) is 1. The second-order valence-corrected chi connectivity index (χ2v) is 8.29. The Labute approximate surface area is 191 Å². The van der Waals surface area contributed by atoms with E-state index in [1.807, 2.05) is 36.4 Å². The minimum Gasteiger partial charge on any atom is -0.494 e. The van der Waals surface area contributed by atoms with Gasteiger partial charge in [0.1, 0.15) is 11.4 Å². The number of likely N-dealkylation sites (N-methyl/N-ethyl adjacent to an activating group) is 1. The summed E-state index contributed by atoms with van der Waals surface area (Å²) in [6.07, 6.45) is 0. The third-order valence-electron chi connectivity index (χ3n) is 5.42. The Balaban J connectivity index is 1.32. The number of methoxy groups -OCH3 is 1. The Morgan fingerprint density at radius 3 is 2.56 bits per heavy atom. The van der Waals surface area contributed by atoms with E-state index in [1.54, 1.807) is 11.8 Å². The van der Waals surface area contributed by atoms with Crippen LogP contribution in [-0.4, -0.2) is 76.6 Å². The number of anilines is 2. The van der Waals surface area contributed by atoms with Crippen LogP contribution in [-0.2, 0) is 4.79 Å². The molecular weight excluding hydrogens is 426 g/mol. The molecule has 4 rings (SSSR count). The molecule has 0 bridgehead atoms. The van der Waals surface area contributed by atoms with Gasteiger partial charge in [0.25, 0.3) is 0 Å². The molecule has 9 nitrogen and oxygen atoms in total. The normalized spacial score (nSPS) is 14.4. The number of carbonyl (C=O) groups excluding carboxylic acids is 1. The van der Waals surface area contributed by atoms with Gasteiger partial charge in [0.15, 0.2) is 0 Å². The van der Waals surface area contributed by atoms with Gasteiger partial charge in [-0.3, -0.25) is 4.79 Å². The fraction of sp³-hybridized carbons (Fsp3) is 0.364. The molecule has 2 aromatic carbocycles. The minimum atomic E-state index is -0.117. The Morgan fingerprint density at radius 2 is 1.84 bits per heavy atom. The van der Waals surface area contributed by atoms with Crippen LogP contribution in [0.25, 0.3) is 5.69 Å². The maximum absolute atomic E-state index is 12.5. The van der Waals surface area contributed by atoms with Crippen LogP contribution in [0.1, 0.15) is 6.92 Å². The molecule has 32 heavy (non-hydrogen) atoms. The monoisotopic (exact) mass is 453 g/mol. The van der Waals surface area contributed by atoms with Crippen LogP contribution in [0.3, 0.4) is 0 Å². The van der Waals surface area contributed by atoms with E-state index < -0.39 is 0 Å². The van der Waals surface area contributed by atoms with Crippen LogP contribution in [0.4, 0.5) is 11.4 Å². The van der Waals surface area contributed by atoms with Gasteiger partial charge in [-0.25, -0.2) is 0 Å². The Hall–Kier alpha value is -3.11. The smallest absolute Gasteiger partial charge is 0.234 e. The van der Waals surface area contributed by atoms with Gasteiger partial charge in [0.2, 0.25) is 11.1 Å². The zero-order valence-corrected chi connectivity index (χ0v) is 19.1. The molecule has 1 aliphatic heterocycles. The van der Waals surface area contributed by atoms with Crippen molar-refractivity contribution in [2.45, 2.75) is 12.1 Å². The van der Waals surface area contributed by atoms with Gasteiger partial charge in [-0.1, -0.05) is 30.8 Å². The number of aromatic nitrogens is 4. The predicted molar refractivity (Wildman–Crippen MR) is 126 cm³/mol. The molecular formula is C22H27N7O2S. The van der Waals surface area contributed by atoms with E-state index in [1.165, 1.54) is 17.4 Å². The van der Waals surface area contributed by atoms with Crippen molar-refractivity contribution >= 4 is 29.0 Å². The number of piperazine rings is 1. The summed E-state index contributed by atoms with van der Waals surface area (Å²) in [6, 6.07) is 15.5. The van der Waals surface area contributed by atoms with Crippen LogP contribution < -0.4 is 15.0 Å². The standard InChI is InChI=1S/C22H27N7O2S/c1-3-27-12-14-28(15-13-27)18-10-8-17(9-11-18)23-21(30)16-32-22-24-25-26-29(22)19-6-4-5-7-20(19)31-2/h4-11H,3,12-16H2,1-2H3,(H,23,30). The van der Waals surface area contributed by atoms with Crippen molar-refractivity contribution in [1.82, 2.24) is 25.1 Å². The van der Waals surface area contributed by atoms with Gasteiger partial charge in [0.05, 0.1) is 12.9 Å². The molecule has 1 fully saturated rings. The number of hydrogen-bond donors (Lipinski definition) is 1. The number of tetrazole rings is 1. The summed E-state index contributed by atoms with van der Waals surface area (Å²) < 4.78 is 6.96. The number of amides is 1. The van der Waals surface area contributed by atoms with Gasteiger partial charge in [-0.15, -0.1) is 5.10 Å². The molecule has 168 valence electrons. The second kappa shape index (κ2) is 10.5. The Morgan fingerprint density at radius 1 is 1.09 bits per heavy atom. The van der Waals surface area contributed by atoms with E-state index in [0.29, 0.717) is 10.9 Å². The van der Waals surface area contributed by atoms with E-state index >= 15 is 0 Å². The molecule has 3 aromatic rings. The van der Waals surface area contributed by atoms with Gasteiger partial charge in [0, 0.05) is 37.6 Å². The minimum absolute atomic E-state index is 0.117. The molecule has 1 saturated heterocycles. The molecule has 1 aromatic heterocycles.